The number of rotatable bonds is 10. The Morgan fingerprint density at radius 3 is 2.18 bits per heavy atom. The Labute approximate surface area is 227 Å². The van der Waals surface area contributed by atoms with Gasteiger partial charge in [-0.3, -0.25) is 4.79 Å². The number of carbonyl (C=O) groups excluding carboxylic acids is 1. The summed E-state index contributed by atoms with van der Waals surface area (Å²) >= 11 is 0. The summed E-state index contributed by atoms with van der Waals surface area (Å²) in [6, 6.07) is 30.3. The molecule has 1 fully saturated rings. The van der Waals surface area contributed by atoms with E-state index in [0.717, 1.165) is 48.2 Å². The topological polar surface area (TPSA) is 40.5 Å². The molecule has 0 aliphatic carbocycles. The van der Waals surface area contributed by atoms with Crippen molar-refractivity contribution >= 4 is 16.8 Å². The summed E-state index contributed by atoms with van der Waals surface area (Å²) in [6.07, 6.45) is 3.44. The number of hydrogen-bond donors (Lipinski definition) is 1. The second kappa shape index (κ2) is 12.0. The van der Waals surface area contributed by atoms with Gasteiger partial charge in [0.25, 0.3) is 5.91 Å². The average molecular weight is 509 g/mol. The minimum Gasteiger partial charge on any atom is -0.351 e. The molecule has 1 aromatic heterocycles. The van der Waals surface area contributed by atoms with Gasteiger partial charge in [0, 0.05) is 48.1 Å². The Hall–Kier alpha value is -3.41. The first-order chi connectivity index (χ1) is 18.5. The normalized spacial score (nSPS) is 16.1. The van der Waals surface area contributed by atoms with Crippen LogP contribution in [0.1, 0.15) is 52.4 Å². The third-order valence-corrected chi connectivity index (χ3v) is 7.99. The van der Waals surface area contributed by atoms with Crippen molar-refractivity contribution in [3.8, 4) is 0 Å². The molecule has 2 heterocycles. The lowest BCUT2D eigenvalue weighted by molar-refractivity contribution is 0.0939. The van der Waals surface area contributed by atoms with Gasteiger partial charge in [-0.1, -0.05) is 78.9 Å². The Balaban J connectivity index is 1.63. The molecule has 38 heavy (non-hydrogen) atoms. The summed E-state index contributed by atoms with van der Waals surface area (Å²) in [5.41, 5.74) is 5.37. The fourth-order valence-electron chi connectivity index (χ4n) is 6.00. The number of nitrogens with one attached hydrogen (secondary N) is 1. The molecule has 0 saturated carbocycles. The Morgan fingerprint density at radius 2 is 1.58 bits per heavy atom. The van der Waals surface area contributed by atoms with Gasteiger partial charge in [0.2, 0.25) is 0 Å². The third-order valence-electron chi connectivity index (χ3n) is 7.99. The van der Waals surface area contributed by atoms with E-state index in [0.29, 0.717) is 12.6 Å². The van der Waals surface area contributed by atoms with Crippen LogP contribution >= 0.6 is 0 Å². The SMILES string of the molecule is CN(C)CCn1c(C(=O)NCCC2CCCN2C)c(C(c2ccccc2)c2ccccc2)c2ccccc21. The molecule has 1 aliphatic heterocycles. The van der Waals surface area contributed by atoms with Crippen molar-refractivity contribution in [2.75, 3.05) is 40.8 Å². The van der Waals surface area contributed by atoms with Crippen LogP contribution in [0.25, 0.3) is 10.9 Å². The first-order valence-electron chi connectivity index (χ1n) is 13.9. The van der Waals surface area contributed by atoms with E-state index in [2.05, 4.69) is 126 Å². The Kier molecular flexibility index (Phi) is 8.26. The zero-order valence-electron chi connectivity index (χ0n) is 22.9. The predicted molar refractivity (Wildman–Crippen MR) is 157 cm³/mol. The van der Waals surface area contributed by atoms with E-state index in [1.807, 2.05) is 0 Å². The molecule has 5 heteroatoms. The molecule has 0 bridgehead atoms. The molecule has 1 N–H and O–H groups in total. The quantitative estimate of drug-likeness (QED) is 0.303. The van der Waals surface area contributed by atoms with Gasteiger partial charge >= 0.3 is 0 Å². The first-order valence-corrected chi connectivity index (χ1v) is 13.9. The van der Waals surface area contributed by atoms with E-state index in [9.17, 15) is 4.79 Å². The van der Waals surface area contributed by atoms with Gasteiger partial charge in [0.05, 0.1) is 0 Å². The smallest absolute Gasteiger partial charge is 0.268 e. The van der Waals surface area contributed by atoms with Crippen LogP contribution in [-0.4, -0.2) is 67.1 Å². The minimum absolute atomic E-state index is 0.0208. The van der Waals surface area contributed by atoms with E-state index in [1.54, 1.807) is 0 Å². The molecule has 1 saturated heterocycles. The molecule has 0 radical (unpaired) electrons. The lowest BCUT2D eigenvalue weighted by atomic mass is 9.83. The van der Waals surface area contributed by atoms with Crippen molar-refractivity contribution in [2.24, 2.45) is 0 Å². The van der Waals surface area contributed by atoms with E-state index >= 15 is 0 Å². The summed E-state index contributed by atoms with van der Waals surface area (Å²) in [5, 5.41) is 4.48. The average Bonchev–Trinajstić information content (AvgIpc) is 3.49. The molecule has 198 valence electrons. The van der Waals surface area contributed by atoms with Gasteiger partial charge in [0.15, 0.2) is 0 Å². The van der Waals surface area contributed by atoms with Crippen LogP contribution in [0.3, 0.4) is 0 Å². The van der Waals surface area contributed by atoms with E-state index < -0.39 is 0 Å². The van der Waals surface area contributed by atoms with Gasteiger partial charge in [-0.15, -0.1) is 0 Å². The zero-order chi connectivity index (χ0) is 26.5. The fourth-order valence-corrected chi connectivity index (χ4v) is 6.00. The largest absolute Gasteiger partial charge is 0.351 e. The number of nitrogens with zero attached hydrogens (tertiary/aromatic N) is 3. The van der Waals surface area contributed by atoms with Crippen molar-refractivity contribution in [2.45, 2.75) is 37.8 Å². The molecule has 0 spiro atoms. The molecule has 5 nitrogen and oxygen atoms in total. The monoisotopic (exact) mass is 508 g/mol. The summed E-state index contributed by atoms with van der Waals surface area (Å²) in [4.78, 5) is 18.8. The van der Waals surface area contributed by atoms with Gasteiger partial charge in [0.1, 0.15) is 5.69 Å². The summed E-state index contributed by atoms with van der Waals surface area (Å²) in [5.74, 6) is -0.0305. The lowest BCUT2D eigenvalue weighted by Gasteiger charge is -2.22. The first kappa shape index (κ1) is 26.2. The summed E-state index contributed by atoms with van der Waals surface area (Å²) < 4.78 is 2.25. The number of para-hydroxylation sites is 1. The minimum atomic E-state index is -0.0513. The number of amides is 1. The maximum absolute atomic E-state index is 14.2. The highest BCUT2D eigenvalue weighted by Crippen LogP contribution is 2.40. The molecule has 1 aliphatic rings. The van der Waals surface area contributed by atoms with E-state index in [1.165, 1.54) is 24.0 Å². The van der Waals surface area contributed by atoms with Crippen molar-refractivity contribution in [1.29, 1.82) is 0 Å². The van der Waals surface area contributed by atoms with Crippen molar-refractivity contribution in [3.63, 3.8) is 0 Å². The lowest BCUT2D eigenvalue weighted by Crippen LogP contribution is -2.33. The molecular formula is C33H40N4O. The molecule has 3 aromatic carbocycles. The fraction of sp³-hybridized carbons (Fsp3) is 0.364. The summed E-state index contributed by atoms with van der Waals surface area (Å²) in [7, 11) is 6.36. The van der Waals surface area contributed by atoms with Crippen LogP contribution in [0.5, 0.6) is 0 Å². The summed E-state index contributed by atoms with van der Waals surface area (Å²) in [6.45, 7) is 3.44. The second-order valence-corrected chi connectivity index (χ2v) is 10.8. The highest BCUT2D eigenvalue weighted by atomic mass is 16.1. The molecule has 1 amide bonds. The van der Waals surface area contributed by atoms with Gasteiger partial charge in [-0.05, 0) is 64.1 Å². The standard InChI is InChI=1S/C33H40N4O/c1-35(2)23-24-37-29-19-11-10-18-28(29)31(32(37)33(38)34-21-20-27-17-12-22-36(27)3)30(25-13-6-4-7-14-25)26-15-8-5-9-16-26/h4-11,13-16,18-19,27,30H,12,17,20-24H2,1-3H3,(H,34,38). The number of hydrogen-bond acceptors (Lipinski definition) is 3. The van der Waals surface area contributed by atoms with Crippen LogP contribution in [-0.2, 0) is 6.54 Å². The van der Waals surface area contributed by atoms with E-state index in [4.69, 9.17) is 0 Å². The van der Waals surface area contributed by atoms with Gasteiger partial charge in [-0.25, -0.2) is 0 Å². The van der Waals surface area contributed by atoms with Crippen LogP contribution in [0.15, 0.2) is 84.9 Å². The maximum Gasteiger partial charge on any atom is 0.268 e. The maximum atomic E-state index is 14.2. The Morgan fingerprint density at radius 1 is 0.947 bits per heavy atom. The van der Waals surface area contributed by atoms with Gasteiger partial charge in [-0.2, -0.15) is 0 Å². The van der Waals surface area contributed by atoms with Crippen LogP contribution in [0, 0.1) is 0 Å². The number of aromatic nitrogens is 1. The molecule has 5 rings (SSSR count). The van der Waals surface area contributed by atoms with Crippen molar-refractivity contribution < 1.29 is 4.79 Å². The molecule has 4 aromatic rings. The van der Waals surface area contributed by atoms with Crippen molar-refractivity contribution in [1.82, 2.24) is 19.7 Å². The predicted octanol–water partition coefficient (Wildman–Crippen LogP) is 5.60. The van der Waals surface area contributed by atoms with E-state index in [-0.39, 0.29) is 11.8 Å². The zero-order valence-corrected chi connectivity index (χ0v) is 22.9. The number of benzene rings is 3. The molecule has 1 unspecified atom stereocenters. The number of fused-ring (bicyclic) bond motifs is 1. The number of likely N-dealkylation sites (N-methyl/N-ethyl adjacent to an activating group) is 1. The van der Waals surface area contributed by atoms with Crippen molar-refractivity contribution in [3.05, 3.63) is 107 Å². The number of likely N-dealkylation sites (tertiary alicyclic amines) is 1. The highest BCUT2D eigenvalue weighted by Gasteiger charge is 2.30. The second-order valence-electron chi connectivity index (χ2n) is 10.8. The number of carbonyl (C=O) groups is 1. The van der Waals surface area contributed by atoms with Gasteiger partial charge < -0.3 is 19.7 Å². The molecular weight excluding hydrogens is 468 g/mol. The Bertz CT molecular complexity index is 1310. The van der Waals surface area contributed by atoms with Crippen LogP contribution in [0.4, 0.5) is 0 Å². The van der Waals surface area contributed by atoms with Crippen LogP contribution in [0.2, 0.25) is 0 Å². The third kappa shape index (κ3) is 5.54. The molecule has 1 atom stereocenters. The highest BCUT2D eigenvalue weighted by molar-refractivity contribution is 6.02. The van der Waals surface area contributed by atoms with Crippen LogP contribution < -0.4 is 5.32 Å².